The van der Waals surface area contributed by atoms with Crippen molar-refractivity contribution in [2.45, 2.75) is 32.3 Å². The lowest BCUT2D eigenvalue weighted by molar-refractivity contribution is 0.0609. The highest BCUT2D eigenvalue weighted by Gasteiger charge is 1.97. The predicted octanol–water partition coefficient (Wildman–Crippen LogP) is 2.60. The summed E-state index contributed by atoms with van der Waals surface area (Å²) in [6.45, 7) is 3.75. The van der Waals surface area contributed by atoms with E-state index in [2.05, 4.69) is 22.9 Å². The summed E-state index contributed by atoms with van der Waals surface area (Å²) < 4.78 is 10.5. The van der Waals surface area contributed by atoms with Crippen LogP contribution >= 0.6 is 15.9 Å². The molecule has 1 unspecified atom stereocenters. The second-order valence-corrected chi connectivity index (χ2v) is 3.64. The predicted molar refractivity (Wildman–Crippen MR) is 54.9 cm³/mol. The van der Waals surface area contributed by atoms with Gasteiger partial charge in [0.1, 0.15) is 0 Å². The topological polar surface area (TPSA) is 18.5 Å². The Hall–Kier alpha value is 0.400. The second-order valence-electron chi connectivity index (χ2n) is 2.84. The largest absolute Gasteiger partial charge is 0.382 e. The number of ether oxygens (including phenoxy) is 2. The lowest BCUT2D eigenvalue weighted by atomic mass is 10.3. The fourth-order valence-corrected chi connectivity index (χ4v) is 1.16. The lowest BCUT2D eigenvalue weighted by Gasteiger charge is -2.08. The van der Waals surface area contributed by atoms with E-state index in [-0.39, 0.29) is 0 Å². The molecule has 0 aromatic rings. The Morgan fingerprint density at radius 3 is 2.58 bits per heavy atom. The van der Waals surface area contributed by atoms with Crippen LogP contribution in [-0.2, 0) is 9.47 Å². The molecule has 0 heterocycles. The summed E-state index contributed by atoms with van der Waals surface area (Å²) in [4.78, 5) is 0. The average Bonchev–Trinajstić information content (AvgIpc) is 2.10. The maximum Gasteiger partial charge on any atom is 0.0565 e. The number of rotatable bonds is 8. The summed E-state index contributed by atoms with van der Waals surface area (Å²) in [6, 6.07) is 0. The molecule has 0 aliphatic rings. The van der Waals surface area contributed by atoms with E-state index in [1.165, 1.54) is 6.42 Å². The van der Waals surface area contributed by atoms with Gasteiger partial charge in [-0.05, 0) is 26.2 Å². The van der Waals surface area contributed by atoms with Crippen LogP contribution in [0.15, 0.2) is 0 Å². The highest BCUT2D eigenvalue weighted by atomic mass is 79.9. The van der Waals surface area contributed by atoms with Crippen molar-refractivity contribution in [3.05, 3.63) is 0 Å². The van der Waals surface area contributed by atoms with Gasteiger partial charge in [0.2, 0.25) is 0 Å². The van der Waals surface area contributed by atoms with Gasteiger partial charge in [-0.3, -0.25) is 0 Å². The summed E-state index contributed by atoms with van der Waals surface area (Å²) in [6.07, 6.45) is 3.65. The molecule has 0 aromatic carbocycles. The first-order valence-corrected chi connectivity index (χ1v) is 5.60. The van der Waals surface area contributed by atoms with E-state index in [4.69, 9.17) is 9.47 Å². The van der Waals surface area contributed by atoms with Crippen LogP contribution in [0.1, 0.15) is 26.2 Å². The van der Waals surface area contributed by atoms with Crippen LogP contribution in [-0.4, -0.2) is 31.8 Å². The molecule has 3 heteroatoms. The fraction of sp³-hybridized carbons (Fsp3) is 1.00. The third-order valence-corrected chi connectivity index (χ3v) is 2.30. The van der Waals surface area contributed by atoms with Gasteiger partial charge in [-0.1, -0.05) is 15.9 Å². The van der Waals surface area contributed by atoms with Gasteiger partial charge in [0.25, 0.3) is 0 Å². The van der Waals surface area contributed by atoms with Gasteiger partial charge < -0.3 is 9.47 Å². The zero-order valence-electron chi connectivity index (χ0n) is 8.01. The first-order valence-electron chi connectivity index (χ1n) is 4.47. The summed E-state index contributed by atoms with van der Waals surface area (Å²) in [5.74, 6) is 0. The van der Waals surface area contributed by atoms with E-state index in [1.54, 1.807) is 7.11 Å². The van der Waals surface area contributed by atoms with E-state index < -0.39 is 0 Å². The molecule has 0 aliphatic carbocycles. The van der Waals surface area contributed by atoms with Crippen LogP contribution in [0.5, 0.6) is 0 Å². The number of hydrogen-bond acceptors (Lipinski definition) is 2. The van der Waals surface area contributed by atoms with Crippen LogP contribution in [0.2, 0.25) is 0 Å². The molecule has 0 bridgehead atoms. The summed E-state index contributed by atoms with van der Waals surface area (Å²) in [5.41, 5.74) is 0. The maximum absolute atomic E-state index is 5.41. The molecule has 0 saturated carbocycles. The molecular weight excluding hydrogens is 220 g/mol. The van der Waals surface area contributed by atoms with Gasteiger partial charge >= 0.3 is 0 Å². The van der Waals surface area contributed by atoms with Crippen molar-refractivity contribution in [2.24, 2.45) is 0 Å². The minimum absolute atomic E-state index is 0.321. The highest BCUT2D eigenvalue weighted by Crippen LogP contribution is 1.98. The zero-order chi connectivity index (χ0) is 9.23. The Morgan fingerprint density at radius 1 is 1.25 bits per heavy atom. The summed E-state index contributed by atoms with van der Waals surface area (Å²) in [5, 5.41) is 1.07. The summed E-state index contributed by atoms with van der Waals surface area (Å²) >= 11 is 3.38. The quantitative estimate of drug-likeness (QED) is 0.478. The Labute approximate surface area is 83.8 Å². The SMILES string of the molecule is COC(C)CCOCCCCBr. The number of halogens is 1. The number of hydrogen-bond donors (Lipinski definition) is 0. The van der Waals surface area contributed by atoms with E-state index in [9.17, 15) is 0 Å². The van der Waals surface area contributed by atoms with Crippen LogP contribution in [0.4, 0.5) is 0 Å². The number of unbranched alkanes of at least 4 members (excludes halogenated alkanes) is 1. The number of methoxy groups -OCH3 is 1. The normalized spacial score (nSPS) is 13.2. The van der Waals surface area contributed by atoms with Gasteiger partial charge in [0, 0.05) is 25.7 Å². The van der Waals surface area contributed by atoms with Crippen molar-refractivity contribution in [1.29, 1.82) is 0 Å². The molecule has 74 valence electrons. The first kappa shape index (κ1) is 12.4. The van der Waals surface area contributed by atoms with E-state index >= 15 is 0 Å². The standard InChI is InChI=1S/C9H19BrO2/c1-9(11-2)5-8-12-7-4-3-6-10/h9H,3-8H2,1-2H3. The molecule has 0 saturated heterocycles. The Bertz CT molecular complexity index is 88.6. The monoisotopic (exact) mass is 238 g/mol. The van der Waals surface area contributed by atoms with Gasteiger partial charge in [0.05, 0.1) is 6.10 Å². The molecule has 0 aliphatic heterocycles. The van der Waals surface area contributed by atoms with Crippen LogP contribution in [0.3, 0.4) is 0 Å². The van der Waals surface area contributed by atoms with E-state index in [1.807, 2.05) is 0 Å². The Balaban J connectivity index is 2.90. The van der Waals surface area contributed by atoms with Crippen molar-refractivity contribution in [2.75, 3.05) is 25.7 Å². The third kappa shape index (κ3) is 8.50. The zero-order valence-corrected chi connectivity index (χ0v) is 9.60. The molecular formula is C9H19BrO2. The van der Waals surface area contributed by atoms with Crippen LogP contribution in [0.25, 0.3) is 0 Å². The van der Waals surface area contributed by atoms with Crippen molar-refractivity contribution in [3.8, 4) is 0 Å². The highest BCUT2D eigenvalue weighted by molar-refractivity contribution is 9.09. The lowest BCUT2D eigenvalue weighted by Crippen LogP contribution is -2.09. The number of alkyl halides is 1. The van der Waals surface area contributed by atoms with Crippen molar-refractivity contribution in [1.82, 2.24) is 0 Å². The molecule has 2 nitrogen and oxygen atoms in total. The molecule has 0 radical (unpaired) electrons. The first-order chi connectivity index (χ1) is 5.81. The van der Waals surface area contributed by atoms with Gasteiger partial charge in [-0.25, -0.2) is 0 Å². The van der Waals surface area contributed by atoms with Crippen LogP contribution < -0.4 is 0 Å². The molecule has 0 amide bonds. The van der Waals surface area contributed by atoms with Gasteiger partial charge in [0.15, 0.2) is 0 Å². The van der Waals surface area contributed by atoms with Gasteiger partial charge in [-0.2, -0.15) is 0 Å². The average molecular weight is 239 g/mol. The van der Waals surface area contributed by atoms with Crippen molar-refractivity contribution in [3.63, 3.8) is 0 Å². The Kier molecular flexibility index (Phi) is 9.80. The third-order valence-electron chi connectivity index (χ3n) is 1.74. The molecule has 0 spiro atoms. The molecule has 0 N–H and O–H groups in total. The van der Waals surface area contributed by atoms with Crippen molar-refractivity contribution >= 4 is 15.9 Å². The summed E-state index contributed by atoms with van der Waals surface area (Å²) in [7, 11) is 1.73. The van der Waals surface area contributed by atoms with Crippen LogP contribution in [0, 0.1) is 0 Å². The molecule has 1 atom stereocenters. The molecule has 0 aromatic heterocycles. The molecule has 12 heavy (non-hydrogen) atoms. The van der Waals surface area contributed by atoms with Crippen molar-refractivity contribution < 1.29 is 9.47 Å². The fourth-order valence-electron chi connectivity index (χ4n) is 0.768. The minimum atomic E-state index is 0.321. The van der Waals surface area contributed by atoms with Gasteiger partial charge in [-0.15, -0.1) is 0 Å². The minimum Gasteiger partial charge on any atom is -0.382 e. The van der Waals surface area contributed by atoms with E-state index in [0.29, 0.717) is 6.10 Å². The second kappa shape index (κ2) is 9.49. The molecule has 0 fully saturated rings. The van der Waals surface area contributed by atoms with E-state index in [0.717, 1.165) is 31.4 Å². The maximum atomic E-state index is 5.41. The Morgan fingerprint density at radius 2 is 2.00 bits per heavy atom. The molecule has 0 rings (SSSR count). The smallest absolute Gasteiger partial charge is 0.0565 e.